The lowest BCUT2D eigenvalue weighted by Crippen LogP contribution is -2.31. The van der Waals surface area contributed by atoms with E-state index in [9.17, 15) is 9.18 Å². The van der Waals surface area contributed by atoms with Gasteiger partial charge in [0.2, 0.25) is 5.13 Å². The fraction of sp³-hybridized carbons (Fsp3) is 0.125. The van der Waals surface area contributed by atoms with Crippen LogP contribution in [0.2, 0.25) is 0 Å². The lowest BCUT2D eigenvalue weighted by Gasteiger charge is -2.17. The average Bonchev–Trinajstić information content (AvgIpc) is 3.06. The number of nitrogens with zero attached hydrogens (tertiary/aromatic N) is 4. The van der Waals surface area contributed by atoms with Crippen LogP contribution in [0.15, 0.2) is 48.8 Å². The van der Waals surface area contributed by atoms with E-state index >= 15 is 0 Å². The molecule has 23 heavy (non-hydrogen) atoms. The maximum absolute atomic E-state index is 13.8. The maximum Gasteiger partial charge on any atom is 0.263 e. The molecule has 0 aliphatic heterocycles. The first-order valence-corrected chi connectivity index (χ1v) is 7.82. The van der Waals surface area contributed by atoms with E-state index in [1.807, 2.05) is 13.0 Å². The van der Waals surface area contributed by atoms with Gasteiger partial charge in [-0.2, -0.15) is 0 Å². The van der Waals surface area contributed by atoms with Gasteiger partial charge in [0.05, 0.1) is 5.56 Å². The molecule has 0 fully saturated rings. The molecule has 2 heterocycles. The standard InChI is InChI=1S/C16H13FN4OS/c1-2-21(15(22)12-7-3-4-8-13(12)17)16-20-19-14(23-16)11-6-5-9-18-10-11/h3-10H,2H2,1H3. The molecular formula is C16H13FN4OS. The molecule has 0 bridgehead atoms. The van der Waals surface area contributed by atoms with Crippen LogP contribution in [-0.4, -0.2) is 27.6 Å². The zero-order valence-electron chi connectivity index (χ0n) is 12.3. The van der Waals surface area contributed by atoms with E-state index in [0.717, 1.165) is 5.56 Å². The molecule has 3 rings (SSSR count). The minimum Gasteiger partial charge on any atom is -0.283 e. The molecule has 0 saturated heterocycles. The summed E-state index contributed by atoms with van der Waals surface area (Å²) in [6, 6.07) is 9.58. The summed E-state index contributed by atoms with van der Waals surface area (Å²) < 4.78 is 13.8. The van der Waals surface area contributed by atoms with E-state index < -0.39 is 11.7 Å². The summed E-state index contributed by atoms with van der Waals surface area (Å²) in [6.45, 7) is 2.18. The summed E-state index contributed by atoms with van der Waals surface area (Å²) in [5.74, 6) is -0.979. The van der Waals surface area contributed by atoms with Crippen LogP contribution >= 0.6 is 11.3 Å². The number of aromatic nitrogens is 3. The second-order valence-corrected chi connectivity index (χ2v) is 5.62. The minimum atomic E-state index is -0.548. The van der Waals surface area contributed by atoms with Crippen molar-refractivity contribution in [1.82, 2.24) is 15.2 Å². The van der Waals surface area contributed by atoms with Gasteiger partial charge in [-0.1, -0.05) is 23.5 Å². The number of carbonyl (C=O) groups excluding carboxylic acids is 1. The Balaban J connectivity index is 1.92. The van der Waals surface area contributed by atoms with Gasteiger partial charge in [0.1, 0.15) is 5.82 Å². The van der Waals surface area contributed by atoms with E-state index in [1.54, 1.807) is 30.6 Å². The summed E-state index contributed by atoms with van der Waals surface area (Å²) in [5.41, 5.74) is 0.845. The Morgan fingerprint density at radius 3 is 2.74 bits per heavy atom. The summed E-state index contributed by atoms with van der Waals surface area (Å²) in [5, 5.41) is 9.25. The maximum atomic E-state index is 13.8. The van der Waals surface area contributed by atoms with E-state index in [2.05, 4.69) is 15.2 Å². The van der Waals surface area contributed by atoms with Gasteiger partial charge in [-0.15, -0.1) is 10.2 Å². The van der Waals surface area contributed by atoms with Crippen LogP contribution in [0.4, 0.5) is 9.52 Å². The van der Waals surface area contributed by atoms with E-state index in [-0.39, 0.29) is 5.56 Å². The van der Waals surface area contributed by atoms with Crippen LogP contribution in [0.1, 0.15) is 17.3 Å². The lowest BCUT2D eigenvalue weighted by atomic mass is 10.2. The highest BCUT2D eigenvalue weighted by atomic mass is 32.1. The predicted molar refractivity (Wildman–Crippen MR) is 86.9 cm³/mol. The Kier molecular flexibility index (Phi) is 4.38. The summed E-state index contributed by atoms with van der Waals surface area (Å²) >= 11 is 1.27. The fourth-order valence-electron chi connectivity index (χ4n) is 2.08. The first kappa shape index (κ1) is 15.2. The molecule has 0 saturated carbocycles. The number of hydrogen-bond donors (Lipinski definition) is 0. The zero-order chi connectivity index (χ0) is 16.2. The van der Waals surface area contributed by atoms with Crippen LogP contribution < -0.4 is 4.90 Å². The van der Waals surface area contributed by atoms with Gasteiger partial charge in [0.15, 0.2) is 5.01 Å². The summed E-state index contributed by atoms with van der Waals surface area (Å²) in [4.78, 5) is 18.0. The SMILES string of the molecule is CCN(C(=O)c1ccccc1F)c1nnc(-c2cccnc2)s1. The Morgan fingerprint density at radius 2 is 2.04 bits per heavy atom. The lowest BCUT2D eigenvalue weighted by molar-refractivity contribution is 0.0984. The van der Waals surface area contributed by atoms with Crippen molar-refractivity contribution in [2.45, 2.75) is 6.92 Å². The molecular weight excluding hydrogens is 315 g/mol. The quantitative estimate of drug-likeness (QED) is 0.736. The van der Waals surface area contributed by atoms with Crippen molar-refractivity contribution in [3.05, 3.63) is 60.2 Å². The summed E-state index contributed by atoms with van der Waals surface area (Å²) in [7, 11) is 0. The normalized spacial score (nSPS) is 10.5. The predicted octanol–water partition coefficient (Wildman–Crippen LogP) is 3.41. The Bertz CT molecular complexity index is 822. The number of halogens is 1. The number of benzene rings is 1. The molecule has 0 aliphatic carbocycles. The molecule has 7 heteroatoms. The summed E-state index contributed by atoms with van der Waals surface area (Å²) in [6.07, 6.45) is 3.35. The molecule has 5 nitrogen and oxygen atoms in total. The van der Waals surface area contributed by atoms with Gasteiger partial charge in [-0.25, -0.2) is 4.39 Å². The number of rotatable bonds is 4. The van der Waals surface area contributed by atoms with Gasteiger partial charge < -0.3 is 0 Å². The Hall–Kier alpha value is -2.67. The molecule has 3 aromatic rings. The highest BCUT2D eigenvalue weighted by Gasteiger charge is 2.22. The monoisotopic (exact) mass is 328 g/mol. The number of pyridine rings is 1. The van der Waals surface area contributed by atoms with Crippen molar-refractivity contribution in [1.29, 1.82) is 0 Å². The van der Waals surface area contributed by atoms with Crippen LogP contribution in [0.3, 0.4) is 0 Å². The average molecular weight is 328 g/mol. The van der Waals surface area contributed by atoms with Crippen LogP contribution in [0, 0.1) is 5.82 Å². The third-order valence-electron chi connectivity index (χ3n) is 3.22. The van der Waals surface area contributed by atoms with E-state index in [0.29, 0.717) is 16.7 Å². The van der Waals surface area contributed by atoms with Crippen molar-refractivity contribution in [2.24, 2.45) is 0 Å². The van der Waals surface area contributed by atoms with Crippen molar-refractivity contribution in [3.63, 3.8) is 0 Å². The number of hydrogen-bond acceptors (Lipinski definition) is 5. The van der Waals surface area contributed by atoms with Crippen molar-refractivity contribution in [2.75, 3.05) is 11.4 Å². The first-order chi connectivity index (χ1) is 11.2. The number of anilines is 1. The molecule has 2 aromatic heterocycles. The van der Waals surface area contributed by atoms with E-state index in [1.165, 1.54) is 28.4 Å². The zero-order valence-corrected chi connectivity index (χ0v) is 13.1. The number of carbonyl (C=O) groups is 1. The van der Waals surface area contributed by atoms with Crippen molar-refractivity contribution < 1.29 is 9.18 Å². The molecule has 0 radical (unpaired) electrons. The van der Waals surface area contributed by atoms with Gasteiger partial charge in [-0.3, -0.25) is 14.7 Å². The third-order valence-corrected chi connectivity index (χ3v) is 4.21. The van der Waals surface area contributed by atoms with Gasteiger partial charge >= 0.3 is 0 Å². The van der Waals surface area contributed by atoms with Gasteiger partial charge in [0, 0.05) is 24.5 Å². The van der Waals surface area contributed by atoms with Gasteiger partial charge in [-0.05, 0) is 31.2 Å². The molecule has 0 atom stereocenters. The van der Waals surface area contributed by atoms with Crippen molar-refractivity contribution >= 4 is 22.4 Å². The molecule has 0 aliphatic rings. The molecule has 1 aromatic carbocycles. The molecule has 0 unspecified atom stereocenters. The van der Waals surface area contributed by atoms with Crippen molar-refractivity contribution in [3.8, 4) is 10.6 Å². The van der Waals surface area contributed by atoms with Crippen LogP contribution in [0.25, 0.3) is 10.6 Å². The highest BCUT2D eigenvalue weighted by Crippen LogP contribution is 2.29. The second-order valence-electron chi connectivity index (χ2n) is 4.66. The molecule has 0 N–H and O–H groups in total. The molecule has 1 amide bonds. The second kappa shape index (κ2) is 6.62. The topological polar surface area (TPSA) is 59.0 Å². The smallest absolute Gasteiger partial charge is 0.263 e. The van der Waals surface area contributed by atoms with Crippen LogP contribution in [0.5, 0.6) is 0 Å². The fourth-order valence-corrected chi connectivity index (χ4v) is 2.97. The highest BCUT2D eigenvalue weighted by molar-refractivity contribution is 7.18. The first-order valence-electron chi connectivity index (χ1n) is 7.01. The molecule has 116 valence electrons. The van der Waals surface area contributed by atoms with Gasteiger partial charge in [0.25, 0.3) is 5.91 Å². The largest absolute Gasteiger partial charge is 0.283 e. The van der Waals surface area contributed by atoms with Crippen LogP contribution in [-0.2, 0) is 0 Å². The molecule has 0 spiro atoms. The Morgan fingerprint density at radius 1 is 1.22 bits per heavy atom. The third kappa shape index (κ3) is 3.09. The van der Waals surface area contributed by atoms with E-state index in [4.69, 9.17) is 0 Å². The number of amides is 1. The minimum absolute atomic E-state index is 0.0208. The Labute approximate surface area is 136 Å².